The van der Waals surface area contributed by atoms with Crippen molar-refractivity contribution in [1.29, 1.82) is 0 Å². The van der Waals surface area contributed by atoms with E-state index >= 15 is 0 Å². The summed E-state index contributed by atoms with van der Waals surface area (Å²) in [7, 11) is 1.78. The molecular formula is C12H13FN4S. The van der Waals surface area contributed by atoms with Gasteiger partial charge in [-0.2, -0.15) is 0 Å². The van der Waals surface area contributed by atoms with Crippen molar-refractivity contribution < 1.29 is 4.39 Å². The summed E-state index contributed by atoms with van der Waals surface area (Å²) in [5.41, 5.74) is 0.394. The first-order chi connectivity index (χ1) is 8.72. The topological polar surface area (TPSA) is 49.8 Å². The van der Waals surface area contributed by atoms with E-state index in [1.54, 1.807) is 31.3 Å². The summed E-state index contributed by atoms with van der Waals surface area (Å²) in [5, 5.41) is 6.51. The summed E-state index contributed by atoms with van der Waals surface area (Å²) in [6.45, 7) is 0. The fraction of sp³-hybridized carbons (Fsp3) is 0.167. The summed E-state index contributed by atoms with van der Waals surface area (Å²) in [6, 6.07) is 8.20. The quantitative estimate of drug-likeness (QED) is 0.656. The van der Waals surface area contributed by atoms with Crippen molar-refractivity contribution in [3.05, 3.63) is 36.1 Å². The lowest BCUT2D eigenvalue weighted by Gasteiger charge is -2.09. The second kappa shape index (κ2) is 5.68. The number of rotatable bonds is 4. The van der Waals surface area contributed by atoms with Crippen LogP contribution < -0.4 is 10.6 Å². The number of para-hydroxylation sites is 1. The van der Waals surface area contributed by atoms with E-state index in [2.05, 4.69) is 20.6 Å². The van der Waals surface area contributed by atoms with Crippen LogP contribution in [-0.4, -0.2) is 23.3 Å². The van der Waals surface area contributed by atoms with Gasteiger partial charge in [0.25, 0.3) is 0 Å². The van der Waals surface area contributed by atoms with E-state index < -0.39 is 0 Å². The van der Waals surface area contributed by atoms with Gasteiger partial charge in [-0.3, -0.25) is 0 Å². The van der Waals surface area contributed by atoms with Gasteiger partial charge in [-0.1, -0.05) is 23.9 Å². The Hall–Kier alpha value is -1.82. The molecule has 0 saturated carbocycles. The van der Waals surface area contributed by atoms with Gasteiger partial charge in [0.05, 0.1) is 5.69 Å². The minimum absolute atomic E-state index is 0.312. The molecule has 94 valence electrons. The van der Waals surface area contributed by atoms with Crippen LogP contribution in [-0.2, 0) is 0 Å². The largest absolute Gasteiger partial charge is 0.373 e. The average Bonchev–Trinajstić information content (AvgIpc) is 2.41. The second-order valence-electron chi connectivity index (χ2n) is 3.48. The molecule has 0 unspecified atom stereocenters. The van der Waals surface area contributed by atoms with Gasteiger partial charge in [0.15, 0.2) is 5.16 Å². The van der Waals surface area contributed by atoms with Gasteiger partial charge in [0.1, 0.15) is 17.5 Å². The molecule has 1 aromatic carbocycles. The van der Waals surface area contributed by atoms with Gasteiger partial charge in [0.2, 0.25) is 0 Å². The molecule has 0 amide bonds. The molecule has 2 rings (SSSR count). The van der Waals surface area contributed by atoms with Crippen LogP contribution in [0.1, 0.15) is 0 Å². The van der Waals surface area contributed by atoms with E-state index in [9.17, 15) is 4.39 Å². The van der Waals surface area contributed by atoms with Crippen molar-refractivity contribution in [2.45, 2.75) is 5.16 Å². The molecule has 18 heavy (non-hydrogen) atoms. The Balaban J connectivity index is 2.31. The number of hydrogen-bond donors (Lipinski definition) is 2. The standard InChI is InChI=1S/C12H13FN4S/c1-14-10-7-11(17-12(16-10)18-2)15-9-6-4-3-5-8(9)13/h3-7H,1-2H3,(H2,14,15,16,17). The highest BCUT2D eigenvalue weighted by atomic mass is 32.2. The van der Waals surface area contributed by atoms with Crippen LogP contribution >= 0.6 is 11.8 Å². The van der Waals surface area contributed by atoms with E-state index in [1.807, 2.05) is 6.26 Å². The Labute approximate surface area is 109 Å². The molecule has 1 aromatic heterocycles. The Kier molecular flexibility index (Phi) is 3.99. The molecule has 0 spiro atoms. The lowest BCUT2D eigenvalue weighted by Crippen LogP contribution is -2.01. The first-order valence-electron chi connectivity index (χ1n) is 5.35. The summed E-state index contributed by atoms with van der Waals surface area (Å²) in [6.07, 6.45) is 1.89. The first kappa shape index (κ1) is 12.6. The number of nitrogens with zero attached hydrogens (tertiary/aromatic N) is 2. The van der Waals surface area contributed by atoms with Gasteiger partial charge in [-0.25, -0.2) is 14.4 Å². The normalized spacial score (nSPS) is 10.2. The van der Waals surface area contributed by atoms with Crippen LogP contribution in [0, 0.1) is 5.82 Å². The zero-order chi connectivity index (χ0) is 13.0. The molecule has 2 N–H and O–H groups in total. The molecule has 0 aliphatic heterocycles. The Morgan fingerprint density at radius 2 is 1.89 bits per heavy atom. The highest BCUT2D eigenvalue weighted by Gasteiger charge is 2.05. The molecule has 0 aliphatic rings. The minimum atomic E-state index is -0.312. The lowest BCUT2D eigenvalue weighted by atomic mass is 10.3. The monoisotopic (exact) mass is 264 g/mol. The van der Waals surface area contributed by atoms with E-state index in [0.717, 1.165) is 0 Å². The van der Waals surface area contributed by atoms with Crippen LogP contribution in [0.25, 0.3) is 0 Å². The van der Waals surface area contributed by atoms with Gasteiger partial charge < -0.3 is 10.6 Å². The maximum absolute atomic E-state index is 13.5. The van der Waals surface area contributed by atoms with Crippen molar-refractivity contribution in [2.75, 3.05) is 23.9 Å². The summed E-state index contributed by atoms with van der Waals surface area (Å²) in [5.74, 6) is 0.935. The third-order valence-corrected chi connectivity index (χ3v) is 2.83. The fourth-order valence-corrected chi connectivity index (χ4v) is 1.79. The number of thioether (sulfide) groups is 1. The molecule has 0 aliphatic carbocycles. The maximum atomic E-state index is 13.5. The molecule has 1 heterocycles. The predicted octanol–water partition coefficient (Wildman–Crippen LogP) is 3.12. The zero-order valence-electron chi connectivity index (χ0n) is 10.1. The van der Waals surface area contributed by atoms with Crippen molar-refractivity contribution in [3.8, 4) is 0 Å². The zero-order valence-corrected chi connectivity index (χ0v) is 10.9. The number of nitrogens with one attached hydrogen (secondary N) is 2. The predicted molar refractivity (Wildman–Crippen MR) is 73.0 cm³/mol. The smallest absolute Gasteiger partial charge is 0.191 e. The molecule has 0 fully saturated rings. The Bertz CT molecular complexity index is 525. The van der Waals surface area contributed by atoms with Crippen molar-refractivity contribution in [1.82, 2.24) is 9.97 Å². The SMILES string of the molecule is CNc1cc(Nc2ccccc2F)nc(SC)n1. The lowest BCUT2D eigenvalue weighted by molar-refractivity contribution is 0.631. The number of benzene rings is 1. The highest BCUT2D eigenvalue weighted by Crippen LogP contribution is 2.22. The molecule has 4 nitrogen and oxygen atoms in total. The number of anilines is 3. The summed E-state index contributed by atoms with van der Waals surface area (Å²) >= 11 is 1.43. The molecule has 6 heteroatoms. The molecular weight excluding hydrogens is 251 g/mol. The minimum Gasteiger partial charge on any atom is -0.373 e. The average molecular weight is 264 g/mol. The maximum Gasteiger partial charge on any atom is 0.191 e. The summed E-state index contributed by atoms with van der Waals surface area (Å²) in [4.78, 5) is 8.51. The van der Waals surface area contributed by atoms with Crippen LogP contribution in [0.5, 0.6) is 0 Å². The van der Waals surface area contributed by atoms with Gasteiger partial charge in [-0.05, 0) is 18.4 Å². The van der Waals surface area contributed by atoms with Crippen LogP contribution in [0.3, 0.4) is 0 Å². The number of aromatic nitrogens is 2. The first-order valence-corrected chi connectivity index (χ1v) is 6.58. The van der Waals surface area contributed by atoms with Gasteiger partial charge >= 0.3 is 0 Å². The highest BCUT2D eigenvalue weighted by molar-refractivity contribution is 7.98. The third-order valence-electron chi connectivity index (χ3n) is 2.28. The number of hydrogen-bond acceptors (Lipinski definition) is 5. The second-order valence-corrected chi connectivity index (χ2v) is 4.25. The van der Waals surface area contributed by atoms with Gasteiger partial charge in [0, 0.05) is 13.1 Å². The van der Waals surface area contributed by atoms with Crippen LogP contribution in [0.15, 0.2) is 35.5 Å². The van der Waals surface area contributed by atoms with E-state index in [4.69, 9.17) is 0 Å². The van der Waals surface area contributed by atoms with Crippen LogP contribution in [0.4, 0.5) is 21.7 Å². The molecule has 0 saturated heterocycles. The third kappa shape index (κ3) is 2.89. The molecule has 0 bridgehead atoms. The molecule has 2 aromatic rings. The Morgan fingerprint density at radius 3 is 2.56 bits per heavy atom. The van der Waals surface area contributed by atoms with Crippen molar-refractivity contribution in [2.24, 2.45) is 0 Å². The van der Waals surface area contributed by atoms with Gasteiger partial charge in [-0.15, -0.1) is 0 Å². The fourth-order valence-electron chi connectivity index (χ4n) is 1.41. The van der Waals surface area contributed by atoms with Crippen molar-refractivity contribution >= 4 is 29.1 Å². The van der Waals surface area contributed by atoms with E-state index in [1.165, 1.54) is 17.8 Å². The summed E-state index contributed by atoms with van der Waals surface area (Å²) < 4.78 is 13.5. The Morgan fingerprint density at radius 1 is 1.17 bits per heavy atom. The van der Waals surface area contributed by atoms with Crippen molar-refractivity contribution in [3.63, 3.8) is 0 Å². The van der Waals surface area contributed by atoms with E-state index in [0.29, 0.717) is 22.5 Å². The van der Waals surface area contributed by atoms with E-state index in [-0.39, 0.29) is 5.82 Å². The molecule has 0 atom stereocenters. The number of halogens is 1. The van der Waals surface area contributed by atoms with Crippen LogP contribution in [0.2, 0.25) is 0 Å². The molecule has 0 radical (unpaired) electrons.